The zero-order valence-corrected chi connectivity index (χ0v) is 19.0. The van der Waals surface area contributed by atoms with Gasteiger partial charge < -0.3 is 14.6 Å². The summed E-state index contributed by atoms with van der Waals surface area (Å²) in [6, 6.07) is 13.8. The fourth-order valence-electron chi connectivity index (χ4n) is 3.29. The third kappa shape index (κ3) is 6.42. The van der Waals surface area contributed by atoms with Crippen molar-refractivity contribution >= 4 is 23.9 Å². The summed E-state index contributed by atoms with van der Waals surface area (Å²) in [5, 5.41) is 10.2. The van der Waals surface area contributed by atoms with E-state index in [9.17, 15) is 27.9 Å². The fourth-order valence-corrected chi connectivity index (χ4v) is 3.57. The number of phenols is 1. The summed E-state index contributed by atoms with van der Waals surface area (Å²) >= 11 is 6.40. The highest BCUT2D eigenvalue weighted by molar-refractivity contribution is 6.33. The van der Waals surface area contributed by atoms with Gasteiger partial charge >= 0.3 is 12.1 Å². The predicted molar refractivity (Wildman–Crippen MR) is 125 cm³/mol. The van der Waals surface area contributed by atoms with Gasteiger partial charge in [-0.2, -0.15) is 13.2 Å². The Bertz CT molecular complexity index is 1240. The quantitative estimate of drug-likeness (QED) is 0.207. The zero-order chi connectivity index (χ0) is 25.6. The number of rotatable bonds is 9. The van der Waals surface area contributed by atoms with E-state index in [1.807, 2.05) is 0 Å². The summed E-state index contributed by atoms with van der Waals surface area (Å²) in [5.41, 5.74) is 0.560. The summed E-state index contributed by atoms with van der Waals surface area (Å²) in [4.78, 5) is 23.0. The van der Waals surface area contributed by atoms with Crippen molar-refractivity contribution < 1.29 is 37.3 Å². The molecule has 9 heteroatoms. The molecule has 0 aliphatic heterocycles. The molecule has 0 fully saturated rings. The number of esters is 1. The van der Waals surface area contributed by atoms with E-state index in [-0.39, 0.29) is 37.5 Å². The number of aldehydes is 1. The first-order valence-electron chi connectivity index (χ1n) is 10.3. The molecular weight excluding hydrogens is 485 g/mol. The standard InChI is InChI=1S/C26H20ClF3O5/c1-2-11-34-24(32)12-16-3-5-17(6-4-16)20-9-8-19(13-23(20)27)35-15-18-7-10-22(26(28,29)30)25(33)21(18)14-31/h2-10,13-14,33H,1,11-12,15H2. The molecule has 1 N–H and O–H groups in total. The third-order valence-electron chi connectivity index (χ3n) is 5.04. The van der Waals surface area contributed by atoms with E-state index in [1.165, 1.54) is 12.1 Å². The Hall–Kier alpha value is -3.78. The van der Waals surface area contributed by atoms with Crippen LogP contribution < -0.4 is 4.74 Å². The minimum absolute atomic E-state index is 0.0907. The molecular formula is C26H20ClF3O5. The normalized spacial score (nSPS) is 11.1. The predicted octanol–water partition coefficient (Wildman–Crippen LogP) is 6.39. The van der Waals surface area contributed by atoms with Crippen molar-refractivity contribution in [2.75, 3.05) is 6.61 Å². The van der Waals surface area contributed by atoms with Crippen LogP contribution in [0.15, 0.2) is 67.3 Å². The summed E-state index contributed by atoms with van der Waals surface area (Å²) in [6.45, 7) is 3.38. The van der Waals surface area contributed by atoms with Crippen LogP contribution in [0.1, 0.15) is 27.0 Å². The van der Waals surface area contributed by atoms with Crippen LogP contribution in [0.5, 0.6) is 11.5 Å². The van der Waals surface area contributed by atoms with Gasteiger partial charge in [-0.3, -0.25) is 9.59 Å². The highest BCUT2D eigenvalue weighted by Crippen LogP contribution is 2.38. The third-order valence-corrected chi connectivity index (χ3v) is 5.35. The van der Waals surface area contributed by atoms with Gasteiger partial charge in [-0.1, -0.05) is 54.6 Å². The van der Waals surface area contributed by atoms with Crippen LogP contribution in [-0.2, 0) is 28.7 Å². The first kappa shape index (κ1) is 25.8. The van der Waals surface area contributed by atoms with Gasteiger partial charge in [0.2, 0.25) is 0 Å². The lowest BCUT2D eigenvalue weighted by atomic mass is 10.0. The van der Waals surface area contributed by atoms with Gasteiger partial charge in [0.25, 0.3) is 0 Å². The molecule has 0 aromatic heterocycles. The number of alkyl halides is 3. The topological polar surface area (TPSA) is 72.8 Å². The molecule has 0 heterocycles. The van der Waals surface area contributed by atoms with Crippen LogP contribution in [0, 0.1) is 0 Å². The molecule has 0 spiro atoms. The van der Waals surface area contributed by atoms with E-state index in [0.29, 0.717) is 22.4 Å². The molecule has 0 radical (unpaired) electrons. The minimum Gasteiger partial charge on any atom is -0.507 e. The number of carbonyl (C=O) groups is 2. The minimum atomic E-state index is -4.79. The average Bonchev–Trinajstić information content (AvgIpc) is 2.81. The molecule has 35 heavy (non-hydrogen) atoms. The van der Waals surface area contributed by atoms with Crippen LogP contribution in [-0.4, -0.2) is 24.0 Å². The van der Waals surface area contributed by atoms with Gasteiger partial charge in [0.15, 0.2) is 6.29 Å². The largest absolute Gasteiger partial charge is 0.507 e. The van der Waals surface area contributed by atoms with E-state index in [0.717, 1.165) is 17.2 Å². The van der Waals surface area contributed by atoms with Crippen LogP contribution in [0.3, 0.4) is 0 Å². The smallest absolute Gasteiger partial charge is 0.419 e. The molecule has 182 valence electrons. The summed E-state index contributed by atoms with van der Waals surface area (Å²) in [5.74, 6) is -1.19. The van der Waals surface area contributed by atoms with Crippen LogP contribution in [0.2, 0.25) is 5.02 Å². The Labute approximate surface area is 204 Å². The van der Waals surface area contributed by atoms with Crippen molar-refractivity contribution in [1.82, 2.24) is 0 Å². The molecule has 0 unspecified atom stereocenters. The molecule has 3 rings (SSSR count). The molecule has 0 saturated carbocycles. The molecule has 3 aromatic carbocycles. The molecule has 0 amide bonds. The number of hydrogen-bond donors (Lipinski definition) is 1. The molecule has 0 atom stereocenters. The summed E-state index contributed by atoms with van der Waals surface area (Å²) in [7, 11) is 0. The maximum atomic E-state index is 12.9. The van der Waals surface area contributed by atoms with Crippen molar-refractivity contribution in [3.05, 3.63) is 94.5 Å². The Morgan fingerprint density at radius 1 is 1.09 bits per heavy atom. The molecule has 3 aromatic rings. The van der Waals surface area contributed by atoms with E-state index in [1.54, 1.807) is 36.4 Å². The van der Waals surface area contributed by atoms with Gasteiger partial charge in [0.1, 0.15) is 24.7 Å². The van der Waals surface area contributed by atoms with Crippen LogP contribution >= 0.6 is 11.6 Å². The van der Waals surface area contributed by atoms with E-state index in [4.69, 9.17) is 21.1 Å². The number of phenolic OH excluding ortho intramolecular Hbond substituents is 1. The average molecular weight is 505 g/mol. The Morgan fingerprint density at radius 2 is 1.80 bits per heavy atom. The first-order valence-corrected chi connectivity index (χ1v) is 10.7. The second-order valence-electron chi connectivity index (χ2n) is 7.43. The van der Waals surface area contributed by atoms with Gasteiger partial charge in [-0.15, -0.1) is 0 Å². The van der Waals surface area contributed by atoms with Crippen molar-refractivity contribution in [3.8, 4) is 22.6 Å². The highest BCUT2D eigenvalue weighted by Gasteiger charge is 2.35. The van der Waals surface area contributed by atoms with Gasteiger partial charge in [0.05, 0.1) is 22.6 Å². The molecule has 0 aliphatic carbocycles. The van der Waals surface area contributed by atoms with E-state index >= 15 is 0 Å². The van der Waals surface area contributed by atoms with Gasteiger partial charge in [0, 0.05) is 11.1 Å². The summed E-state index contributed by atoms with van der Waals surface area (Å²) < 4.78 is 49.4. The lowest BCUT2D eigenvalue weighted by Crippen LogP contribution is -2.09. The molecule has 5 nitrogen and oxygen atoms in total. The monoisotopic (exact) mass is 504 g/mol. The van der Waals surface area contributed by atoms with Crippen molar-refractivity contribution in [3.63, 3.8) is 0 Å². The lowest BCUT2D eigenvalue weighted by molar-refractivity contribution is -0.141. The highest BCUT2D eigenvalue weighted by atomic mass is 35.5. The number of hydrogen-bond acceptors (Lipinski definition) is 5. The van der Waals surface area contributed by atoms with Crippen LogP contribution in [0.25, 0.3) is 11.1 Å². The zero-order valence-electron chi connectivity index (χ0n) is 18.3. The SMILES string of the molecule is C=CCOC(=O)Cc1ccc(-c2ccc(OCc3ccc(C(F)(F)F)c(O)c3C=O)cc2Cl)cc1. The summed E-state index contributed by atoms with van der Waals surface area (Å²) in [6.07, 6.45) is -3.03. The number of halogens is 4. The van der Waals surface area contributed by atoms with Crippen molar-refractivity contribution in [2.45, 2.75) is 19.2 Å². The molecule has 0 bridgehead atoms. The first-order chi connectivity index (χ1) is 16.6. The van der Waals surface area contributed by atoms with E-state index in [2.05, 4.69) is 6.58 Å². The van der Waals surface area contributed by atoms with Crippen LogP contribution in [0.4, 0.5) is 13.2 Å². The Morgan fingerprint density at radius 3 is 2.40 bits per heavy atom. The Balaban J connectivity index is 1.71. The fraction of sp³-hybridized carbons (Fsp3) is 0.154. The number of carbonyl (C=O) groups excluding carboxylic acids is 2. The van der Waals surface area contributed by atoms with E-state index < -0.39 is 23.1 Å². The molecule has 0 saturated heterocycles. The number of benzene rings is 3. The van der Waals surface area contributed by atoms with Gasteiger partial charge in [-0.25, -0.2) is 0 Å². The number of ether oxygens (including phenoxy) is 2. The number of aromatic hydroxyl groups is 1. The van der Waals surface area contributed by atoms with Gasteiger partial charge in [-0.05, 0) is 35.4 Å². The Kier molecular flexibility index (Phi) is 8.19. The second-order valence-corrected chi connectivity index (χ2v) is 7.83. The maximum Gasteiger partial charge on any atom is 0.419 e. The maximum absolute atomic E-state index is 12.9. The second kappa shape index (κ2) is 11.1. The molecule has 0 aliphatic rings. The lowest BCUT2D eigenvalue weighted by Gasteiger charge is -2.14. The van der Waals surface area contributed by atoms with Crippen molar-refractivity contribution in [2.24, 2.45) is 0 Å². The van der Waals surface area contributed by atoms with Crippen molar-refractivity contribution in [1.29, 1.82) is 0 Å².